The molecule has 0 aliphatic rings. The van der Waals surface area contributed by atoms with E-state index in [0.717, 1.165) is 76.6 Å². The van der Waals surface area contributed by atoms with Gasteiger partial charge in [0, 0.05) is 88.0 Å². The number of aromatic nitrogens is 6. The molecule has 0 saturated carbocycles. The van der Waals surface area contributed by atoms with Crippen LogP contribution >= 0.6 is 34.3 Å². The summed E-state index contributed by atoms with van der Waals surface area (Å²) in [5.41, 5.74) is 10.1. The molecule has 0 aliphatic carbocycles. The topological polar surface area (TPSA) is 98.7 Å². The Morgan fingerprint density at radius 1 is 0.700 bits per heavy atom. The molecule has 0 aliphatic heterocycles. The van der Waals surface area contributed by atoms with Gasteiger partial charge in [-0.3, -0.25) is 0 Å². The first kappa shape index (κ1) is 40.6. The first-order chi connectivity index (χ1) is 29.1. The Morgan fingerprint density at radius 3 is 2.00 bits per heavy atom. The number of carbonyl (C=O) groups excluding carboxylic acids is 1. The monoisotopic (exact) mass is 849 g/mol. The zero-order valence-electron chi connectivity index (χ0n) is 34.0. The van der Waals surface area contributed by atoms with Crippen molar-refractivity contribution in [2.75, 3.05) is 11.9 Å². The highest BCUT2D eigenvalue weighted by atomic mass is 35.5. The third-order valence-electron chi connectivity index (χ3n) is 9.53. The average molecular weight is 851 g/mol. The Kier molecular flexibility index (Phi) is 12.2. The van der Waals surface area contributed by atoms with E-state index in [9.17, 15) is 4.79 Å². The maximum absolute atomic E-state index is 12.3. The van der Waals surface area contributed by atoms with Crippen LogP contribution in [0, 0.1) is 5.92 Å². The molecule has 3 aromatic carbocycles. The molecule has 1 N–H and O–H groups in total. The Hall–Kier alpha value is -6.14. The van der Waals surface area contributed by atoms with Crippen molar-refractivity contribution in [3.8, 4) is 54.4 Å². The van der Waals surface area contributed by atoms with Gasteiger partial charge in [0.1, 0.15) is 11.3 Å². The van der Waals surface area contributed by atoms with Gasteiger partial charge in [0.05, 0.1) is 27.1 Å². The summed E-state index contributed by atoms with van der Waals surface area (Å²) < 4.78 is 9.13. The van der Waals surface area contributed by atoms with E-state index in [1.54, 1.807) is 35.8 Å². The number of pyridine rings is 2. The molecular weight excluding hydrogens is 806 g/mol. The molecule has 0 spiro atoms. The van der Waals surface area contributed by atoms with E-state index in [4.69, 9.17) is 21.3 Å². The molecule has 9 nitrogen and oxygen atoms in total. The second-order valence-corrected chi connectivity index (χ2v) is 17.5. The Morgan fingerprint density at radius 2 is 1.32 bits per heavy atom. The van der Waals surface area contributed by atoms with Crippen LogP contribution in [0.15, 0.2) is 134 Å². The number of hydrogen-bond donors (Lipinski definition) is 1. The first-order valence-electron chi connectivity index (χ1n) is 19.9. The van der Waals surface area contributed by atoms with E-state index in [1.807, 2.05) is 71.5 Å². The molecule has 9 aromatic rings. The summed E-state index contributed by atoms with van der Waals surface area (Å²) in [6.45, 7) is 10.7. The minimum Gasteiger partial charge on any atom is -0.461 e. The van der Waals surface area contributed by atoms with Crippen molar-refractivity contribution in [1.82, 2.24) is 28.7 Å². The zero-order valence-corrected chi connectivity index (χ0v) is 36.4. The fourth-order valence-electron chi connectivity index (χ4n) is 6.83. The molecule has 6 heterocycles. The van der Waals surface area contributed by atoms with Crippen LogP contribution in [0.1, 0.15) is 50.1 Å². The number of thiazole rings is 2. The number of hydrogen-bond acceptors (Lipinski definition) is 9. The van der Waals surface area contributed by atoms with Crippen LogP contribution in [0.25, 0.3) is 65.7 Å². The van der Waals surface area contributed by atoms with Gasteiger partial charge in [-0.2, -0.15) is 0 Å². The van der Waals surface area contributed by atoms with E-state index in [0.29, 0.717) is 29.2 Å². The van der Waals surface area contributed by atoms with Crippen molar-refractivity contribution in [2.45, 2.75) is 47.1 Å². The van der Waals surface area contributed by atoms with Crippen LogP contribution in [-0.2, 0) is 11.2 Å². The van der Waals surface area contributed by atoms with Crippen LogP contribution in [0.3, 0.4) is 0 Å². The zero-order chi connectivity index (χ0) is 41.8. The van der Waals surface area contributed by atoms with Crippen molar-refractivity contribution >= 4 is 56.7 Å². The molecule has 0 unspecified atom stereocenters. The van der Waals surface area contributed by atoms with Gasteiger partial charge in [0.2, 0.25) is 0 Å². The van der Waals surface area contributed by atoms with Gasteiger partial charge in [-0.05, 0) is 50.5 Å². The van der Waals surface area contributed by atoms with Crippen molar-refractivity contribution in [2.24, 2.45) is 5.92 Å². The number of fused-ring (bicyclic) bond motifs is 2. The van der Waals surface area contributed by atoms with E-state index < -0.39 is 5.97 Å². The van der Waals surface area contributed by atoms with Gasteiger partial charge in [-0.15, -0.1) is 11.3 Å². The fraction of sp³-hybridized carbons (Fsp3) is 0.188. The molecule has 9 rings (SSSR count). The number of anilines is 1. The van der Waals surface area contributed by atoms with Crippen molar-refractivity contribution in [1.29, 1.82) is 0 Å². The molecule has 0 bridgehead atoms. The maximum atomic E-state index is 12.3. The van der Waals surface area contributed by atoms with Crippen molar-refractivity contribution < 1.29 is 9.53 Å². The Balaban J connectivity index is 0.000000166. The molecule has 302 valence electrons. The predicted molar refractivity (Wildman–Crippen MR) is 247 cm³/mol. The van der Waals surface area contributed by atoms with E-state index in [-0.39, 0.29) is 5.69 Å². The average Bonchev–Trinajstić information content (AvgIpc) is 4.08. The fourth-order valence-corrected chi connectivity index (χ4v) is 9.13. The van der Waals surface area contributed by atoms with Gasteiger partial charge in [0.15, 0.2) is 10.8 Å². The summed E-state index contributed by atoms with van der Waals surface area (Å²) in [5.74, 6) is 0.107. The highest BCUT2D eigenvalue weighted by molar-refractivity contribution is 7.18. The molecule has 0 radical (unpaired) electrons. The number of ether oxygens (including phenoxy) is 1. The summed E-state index contributed by atoms with van der Waals surface area (Å²) in [7, 11) is 0. The summed E-state index contributed by atoms with van der Waals surface area (Å²) in [4.78, 5) is 33.1. The Labute approximate surface area is 362 Å². The number of rotatable bonds is 11. The molecule has 60 heavy (non-hydrogen) atoms. The van der Waals surface area contributed by atoms with Gasteiger partial charge in [-0.1, -0.05) is 116 Å². The van der Waals surface area contributed by atoms with E-state index in [1.165, 1.54) is 0 Å². The number of benzene rings is 3. The standard InChI is InChI=1S/C25H22N4S.C23H22ClN3O2S/c1-17(2)27-25-26-14-23(30-25)20-13-21(18-9-5-3-6-10-18)24-28-22(16-29(24)15-20)19-11-7-4-8-12-19;1-4-29-23(28)19-13-27-12-15(20-11-25-21(30-20)9-14(2)3)10-17(22(27)26-19)16-7-5-6-8-18(16)24/h3-17H,1-2H3,(H,26,27);5-8,10-14H,4,9H2,1-3H3. The number of imidazole rings is 2. The second kappa shape index (κ2) is 18.0. The molecular formula is C48H44ClN7O2S2. The third kappa shape index (κ3) is 9.03. The second-order valence-electron chi connectivity index (χ2n) is 15.0. The van der Waals surface area contributed by atoms with Crippen molar-refractivity contribution in [3.05, 3.63) is 150 Å². The molecule has 0 amide bonds. The number of nitrogens with zero attached hydrogens (tertiary/aromatic N) is 6. The molecule has 0 atom stereocenters. The Bertz CT molecular complexity index is 2900. The van der Waals surface area contributed by atoms with Crippen LogP contribution in [0.5, 0.6) is 0 Å². The van der Waals surface area contributed by atoms with Crippen LogP contribution in [0.2, 0.25) is 5.02 Å². The molecule has 12 heteroatoms. The van der Waals surface area contributed by atoms with Gasteiger partial charge in [-0.25, -0.2) is 24.7 Å². The van der Waals surface area contributed by atoms with Crippen LogP contribution in [0.4, 0.5) is 5.13 Å². The minimum absolute atomic E-state index is 0.270. The maximum Gasteiger partial charge on any atom is 0.358 e. The first-order valence-corrected chi connectivity index (χ1v) is 21.9. The summed E-state index contributed by atoms with van der Waals surface area (Å²) in [6, 6.07) is 33.0. The lowest BCUT2D eigenvalue weighted by Crippen LogP contribution is -2.08. The number of esters is 1. The SMILES string of the molecule is CC(C)Nc1ncc(-c2cc(-c3ccccc3)c3nc(-c4ccccc4)cn3c2)s1.CCOC(=O)c1cn2cc(-c3cnc(CC(C)C)s3)cc(-c3ccccc3Cl)c2n1. The van der Waals surface area contributed by atoms with E-state index >= 15 is 0 Å². The van der Waals surface area contributed by atoms with Crippen LogP contribution in [-0.4, -0.2) is 47.4 Å². The molecule has 0 saturated heterocycles. The molecule has 6 aromatic heterocycles. The number of carbonyl (C=O) groups is 1. The lowest BCUT2D eigenvalue weighted by molar-refractivity contribution is 0.0520. The van der Waals surface area contributed by atoms with E-state index in [2.05, 4.69) is 113 Å². The number of nitrogens with one attached hydrogen (secondary N) is 1. The summed E-state index contributed by atoms with van der Waals surface area (Å²) >= 11 is 9.86. The van der Waals surface area contributed by atoms with Crippen LogP contribution < -0.4 is 5.32 Å². The largest absolute Gasteiger partial charge is 0.461 e. The van der Waals surface area contributed by atoms with Gasteiger partial charge < -0.3 is 18.9 Å². The summed E-state index contributed by atoms with van der Waals surface area (Å²) in [5, 5.41) is 6.07. The lowest BCUT2D eigenvalue weighted by Gasteiger charge is -2.09. The third-order valence-corrected chi connectivity index (χ3v) is 11.9. The number of halogens is 1. The smallest absolute Gasteiger partial charge is 0.358 e. The highest BCUT2D eigenvalue weighted by Gasteiger charge is 2.19. The van der Waals surface area contributed by atoms with Crippen molar-refractivity contribution in [3.63, 3.8) is 0 Å². The normalized spacial score (nSPS) is 11.3. The minimum atomic E-state index is -0.440. The highest BCUT2D eigenvalue weighted by Crippen LogP contribution is 2.37. The molecule has 0 fully saturated rings. The quantitative estimate of drug-likeness (QED) is 0.129. The van der Waals surface area contributed by atoms with Gasteiger partial charge >= 0.3 is 5.97 Å². The summed E-state index contributed by atoms with van der Waals surface area (Å²) in [6.07, 6.45) is 12.7. The lowest BCUT2D eigenvalue weighted by atomic mass is 10.0. The predicted octanol–water partition coefficient (Wildman–Crippen LogP) is 12.8. The van der Waals surface area contributed by atoms with Gasteiger partial charge in [0.25, 0.3) is 0 Å².